The summed E-state index contributed by atoms with van der Waals surface area (Å²) in [6.45, 7) is 5.41. The zero-order chi connectivity index (χ0) is 16.6. The number of hydrogen-bond donors (Lipinski definition) is 1. The van der Waals surface area contributed by atoms with Crippen molar-refractivity contribution in [3.05, 3.63) is 33.8 Å². The van der Waals surface area contributed by atoms with Crippen LogP contribution in [0.25, 0.3) is 0 Å². The van der Waals surface area contributed by atoms with Crippen LogP contribution in [0.4, 0.5) is 0 Å². The van der Waals surface area contributed by atoms with Gasteiger partial charge in [0.05, 0.1) is 10.6 Å². The number of rotatable bonds is 2. The monoisotopic (exact) mass is 334 g/mol. The number of aryl methyl sites for hydroxylation is 2. The van der Waals surface area contributed by atoms with Crippen molar-refractivity contribution in [2.45, 2.75) is 45.6 Å². The summed E-state index contributed by atoms with van der Waals surface area (Å²) in [4.78, 5) is 26.6. The molecule has 0 bridgehead atoms. The van der Waals surface area contributed by atoms with Crippen LogP contribution < -0.4 is 5.32 Å². The minimum atomic E-state index is 0.00199. The van der Waals surface area contributed by atoms with E-state index in [1.165, 1.54) is 0 Å². The van der Waals surface area contributed by atoms with Gasteiger partial charge in [0.15, 0.2) is 0 Å². The second-order valence-corrected chi connectivity index (χ2v) is 7.15. The molecule has 1 aromatic rings. The van der Waals surface area contributed by atoms with Crippen LogP contribution in [0.2, 0.25) is 5.02 Å². The van der Waals surface area contributed by atoms with Gasteiger partial charge in [0, 0.05) is 31.5 Å². The number of likely N-dealkylation sites (tertiary alicyclic amines) is 1. The Labute approximate surface area is 142 Å². The van der Waals surface area contributed by atoms with Crippen molar-refractivity contribution in [3.63, 3.8) is 0 Å². The fraction of sp³-hybridized carbons (Fsp3) is 0.556. The number of benzene rings is 1. The van der Waals surface area contributed by atoms with Gasteiger partial charge >= 0.3 is 0 Å². The molecule has 2 atom stereocenters. The summed E-state index contributed by atoms with van der Waals surface area (Å²) in [5, 5.41) is 3.41. The molecule has 2 saturated heterocycles. The molecule has 0 saturated carbocycles. The molecule has 2 aliphatic rings. The first-order valence-corrected chi connectivity index (χ1v) is 8.69. The molecule has 0 radical (unpaired) electrons. The van der Waals surface area contributed by atoms with E-state index in [2.05, 4.69) is 5.32 Å². The van der Waals surface area contributed by atoms with E-state index in [1.807, 2.05) is 30.9 Å². The van der Waals surface area contributed by atoms with Gasteiger partial charge in [-0.25, -0.2) is 0 Å². The maximum Gasteiger partial charge on any atom is 0.255 e. The standard InChI is InChI=1S/C18H23ClN2O2/c1-11-7-14(15(19)8-12(11)2)18(23)21-6-4-3-5-16(21)13-9-17(22)20-10-13/h7-8,13,16H,3-6,9-10H2,1-2H3,(H,20,22)/t13-,16+/m1/s1. The van der Waals surface area contributed by atoms with Crippen LogP contribution in [-0.2, 0) is 4.79 Å². The Hall–Kier alpha value is -1.55. The lowest BCUT2D eigenvalue weighted by atomic mass is 9.89. The first-order valence-electron chi connectivity index (χ1n) is 8.32. The predicted molar refractivity (Wildman–Crippen MR) is 90.7 cm³/mol. The quantitative estimate of drug-likeness (QED) is 0.903. The van der Waals surface area contributed by atoms with Crippen molar-refractivity contribution >= 4 is 23.4 Å². The van der Waals surface area contributed by atoms with Crippen molar-refractivity contribution in [2.24, 2.45) is 5.92 Å². The molecule has 0 unspecified atom stereocenters. The molecule has 4 nitrogen and oxygen atoms in total. The second kappa shape index (κ2) is 6.52. The molecule has 5 heteroatoms. The van der Waals surface area contributed by atoms with E-state index in [9.17, 15) is 9.59 Å². The Morgan fingerprint density at radius 3 is 2.70 bits per heavy atom. The van der Waals surface area contributed by atoms with Gasteiger partial charge in [-0.3, -0.25) is 9.59 Å². The van der Waals surface area contributed by atoms with Crippen LogP contribution >= 0.6 is 11.6 Å². The molecule has 0 aliphatic carbocycles. The Bertz CT molecular complexity index is 644. The first-order chi connectivity index (χ1) is 11.0. The Morgan fingerprint density at radius 1 is 1.26 bits per heavy atom. The van der Waals surface area contributed by atoms with Crippen LogP contribution in [0.1, 0.15) is 47.2 Å². The summed E-state index contributed by atoms with van der Waals surface area (Å²) in [5.74, 6) is 0.316. The van der Waals surface area contributed by atoms with Crippen LogP contribution in [0.5, 0.6) is 0 Å². The molecule has 2 heterocycles. The van der Waals surface area contributed by atoms with Gasteiger partial charge in [0.25, 0.3) is 5.91 Å². The maximum absolute atomic E-state index is 13.1. The van der Waals surface area contributed by atoms with Gasteiger partial charge in [0.1, 0.15) is 0 Å². The average Bonchev–Trinajstić information content (AvgIpc) is 2.96. The molecule has 0 spiro atoms. The summed E-state index contributed by atoms with van der Waals surface area (Å²) >= 11 is 6.33. The van der Waals surface area contributed by atoms with E-state index in [4.69, 9.17) is 11.6 Å². The summed E-state index contributed by atoms with van der Waals surface area (Å²) in [6, 6.07) is 3.89. The number of piperidine rings is 1. The Balaban J connectivity index is 1.87. The summed E-state index contributed by atoms with van der Waals surface area (Å²) < 4.78 is 0. The number of amides is 2. The summed E-state index contributed by atoms with van der Waals surface area (Å²) in [5.41, 5.74) is 2.75. The lowest BCUT2D eigenvalue weighted by molar-refractivity contribution is -0.119. The third-order valence-electron chi connectivity index (χ3n) is 5.18. The molecule has 1 N–H and O–H groups in total. The molecule has 2 amide bonds. The van der Waals surface area contributed by atoms with Crippen LogP contribution in [0, 0.1) is 19.8 Å². The van der Waals surface area contributed by atoms with Gasteiger partial charge in [-0.05, 0) is 56.4 Å². The highest BCUT2D eigenvalue weighted by molar-refractivity contribution is 6.34. The van der Waals surface area contributed by atoms with E-state index in [-0.39, 0.29) is 23.8 Å². The van der Waals surface area contributed by atoms with Crippen molar-refractivity contribution in [1.29, 1.82) is 0 Å². The minimum absolute atomic E-state index is 0.00199. The molecule has 2 fully saturated rings. The van der Waals surface area contributed by atoms with Crippen LogP contribution in [-0.4, -0.2) is 35.8 Å². The molecule has 1 aromatic carbocycles. The van der Waals surface area contributed by atoms with E-state index in [1.54, 1.807) is 0 Å². The summed E-state index contributed by atoms with van der Waals surface area (Å²) in [6.07, 6.45) is 3.61. The third kappa shape index (κ3) is 3.23. The molecular formula is C18H23ClN2O2. The number of hydrogen-bond acceptors (Lipinski definition) is 2. The zero-order valence-electron chi connectivity index (χ0n) is 13.7. The van der Waals surface area contributed by atoms with E-state index in [0.717, 1.165) is 36.9 Å². The molecule has 0 aromatic heterocycles. The number of carbonyl (C=O) groups is 2. The average molecular weight is 335 g/mol. The zero-order valence-corrected chi connectivity index (χ0v) is 14.4. The fourth-order valence-corrected chi connectivity index (χ4v) is 4.00. The summed E-state index contributed by atoms with van der Waals surface area (Å²) in [7, 11) is 0. The molecule has 124 valence electrons. The van der Waals surface area contributed by atoms with Gasteiger partial charge in [-0.1, -0.05) is 11.6 Å². The van der Waals surface area contributed by atoms with Crippen LogP contribution in [0.15, 0.2) is 12.1 Å². The highest BCUT2D eigenvalue weighted by atomic mass is 35.5. The highest BCUT2D eigenvalue weighted by Gasteiger charge is 2.37. The molecule has 3 rings (SSSR count). The minimum Gasteiger partial charge on any atom is -0.356 e. The predicted octanol–water partition coefficient (Wildman–Crippen LogP) is 3.09. The largest absolute Gasteiger partial charge is 0.356 e. The van der Waals surface area contributed by atoms with Gasteiger partial charge in [-0.2, -0.15) is 0 Å². The lowest BCUT2D eigenvalue weighted by Gasteiger charge is -2.39. The number of carbonyl (C=O) groups excluding carboxylic acids is 2. The molecular weight excluding hydrogens is 312 g/mol. The number of nitrogens with one attached hydrogen (secondary N) is 1. The topological polar surface area (TPSA) is 49.4 Å². The normalized spacial score (nSPS) is 24.7. The smallest absolute Gasteiger partial charge is 0.255 e. The van der Waals surface area contributed by atoms with E-state index >= 15 is 0 Å². The Kier molecular flexibility index (Phi) is 4.62. The van der Waals surface area contributed by atoms with Gasteiger partial charge < -0.3 is 10.2 Å². The molecule has 23 heavy (non-hydrogen) atoms. The number of halogens is 1. The SMILES string of the molecule is Cc1cc(Cl)c(C(=O)N2CCCC[C@H]2[C@H]2CNC(=O)C2)cc1C. The van der Waals surface area contributed by atoms with Crippen molar-refractivity contribution < 1.29 is 9.59 Å². The fourth-order valence-electron chi connectivity index (χ4n) is 3.70. The second-order valence-electron chi connectivity index (χ2n) is 6.75. The number of nitrogens with zero attached hydrogens (tertiary/aromatic N) is 1. The van der Waals surface area contributed by atoms with E-state index in [0.29, 0.717) is 23.6 Å². The Morgan fingerprint density at radius 2 is 2.00 bits per heavy atom. The highest BCUT2D eigenvalue weighted by Crippen LogP contribution is 2.31. The third-order valence-corrected chi connectivity index (χ3v) is 5.49. The first kappa shape index (κ1) is 16.3. The van der Waals surface area contributed by atoms with Crippen molar-refractivity contribution in [3.8, 4) is 0 Å². The van der Waals surface area contributed by atoms with E-state index < -0.39 is 0 Å². The van der Waals surface area contributed by atoms with Gasteiger partial charge in [0.2, 0.25) is 5.91 Å². The lowest BCUT2D eigenvalue weighted by Crippen LogP contribution is -2.48. The molecule has 2 aliphatic heterocycles. The van der Waals surface area contributed by atoms with Crippen LogP contribution in [0.3, 0.4) is 0 Å². The maximum atomic E-state index is 13.1. The van der Waals surface area contributed by atoms with Gasteiger partial charge in [-0.15, -0.1) is 0 Å². The van der Waals surface area contributed by atoms with Crippen molar-refractivity contribution in [2.75, 3.05) is 13.1 Å². The van der Waals surface area contributed by atoms with Crippen molar-refractivity contribution in [1.82, 2.24) is 10.2 Å².